The molecule has 0 spiro atoms. The molecule has 0 bridgehead atoms. The minimum absolute atomic E-state index is 0.0253. The Bertz CT molecular complexity index is 2370. The standard InChI is InChI=1S/C45H35NO/c1-45(2)41-17-8-6-15-37(41)39-29-36(24-25-42(39)45)46(34-22-19-31(20-23-34)30-11-4-3-5-12-30)35-14-10-13-32(27-35)33-21-26-44-40(28-33)38-16-7-9-18-43(38)47-44/h3-9,11-13,15-29H,10,14H2,1-2H3. The van der Waals surface area contributed by atoms with E-state index < -0.39 is 0 Å². The zero-order valence-electron chi connectivity index (χ0n) is 26.7. The van der Waals surface area contributed by atoms with Crippen molar-refractivity contribution in [3.05, 3.63) is 174 Å². The summed E-state index contributed by atoms with van der Waals surface area (Å²) in [4.78, 5) is 2.47. The first-order valence-electron chi connectivity index (χ1n) is 16.6. The van der Waals surface area contributed by atoms with E-state index in [1.54, 1.807) is 0 Å². The Balaban J connectivity index is 1.17. The highest BCUT2D eigenvalue weighted by Crippen LogP contribution is 2.50. The van der Waals surface area contributed by atoms with Crippen molar-refractivity contribution in [2.75, 3.05) is 4.90 Å². The summed E-state index contributed by atoms with van der Waals surface area (Å²) in [7, 11) is 0. The Morgan fingerprint density at radius 2 is 1.23 bits per heavy atom. The predicted molar refractivity (Wildman–Crippen MR) is 197 cm³/mol. The third-order valence-electron chi connectivity index (χ3n) is 10.1. The van der Waals surface area contributed by atoms with Gasteiger partial charge < -0.3 is 9.32 Å². The molecule has 0 unspecified atom stereocenters. The number of allylic oxidation sites excluding steroid dienone is 4. The number of hydrogen-bond acceptors (Lipinski definition) is 2. The molecule has 7 aromatic rings. The van der Waals surface area contributed by atoms with Crippen molar-refractivity contribution in [2.24, 2.45) is 0 Å². The first kappa shape index (κ1) is 27.7. The largest absolute Gasteiger partial charge is 0.456 e. The van der Waals surface area contributed by atoms with Crippen LogP contribution in [0.15, 0.2) is 162 Å². The summed E-state index contributed by atoms with van der Waals surface area (Å²) in [5.74, 6) is 0. The third-order valence-corrected chi connectivity index (χ3v) is 10.1. The fraction of sp³-hybridized carbons (Fsp3) is 0.111. The molecule has 0 amide bonds. The van der Waals surface area contributed by atoms with Crippen LogP contribution in [0.1, 0.15) is 43.4 Å². The van der Waals surface area contributed by atoms with E-state index in [-0.39, 0.29) is 5.41 Å². The molecule has 0 saturated carbocycles. The molecule has 0 fully saturated rings. The van der Waals surface area contributed by atoms with Crippen LogP contribution < -0.4 is 4.90 Å². The van der Waals surface area contributed by atoms with Gasteiger partial charge in [-0.2, -0.15) is 0 Å². The van der Waals surface area contributed by atoms with Crippen LogP contribution in [0, 0.1) is 0 Å². The number of fused-ring (bicyclic) bond motifs is 6. The Hall–Kier alpha value is -5.60. The number of furan rings is 1. The van der Waals surface area contributed by atoms with Gasteiger partial charge in [-0.3, -0.25) is 0 Å². The van der Waals surface area contributed by atoms with Crippen LogP contribution in [0.4, 0.5) is 11.4 Å². The highest BCUT2D eigenvalue weighted by Gasteiger charge is 2.35. The predicted octanol–water partition coefficient (Wildman–Crippen LogP) is 12.5. The smallest absolute Gasteiger partial charge is 0.135 e. The molecule has 6 aromatic carbocycles. The second kappa shape index (κ2) is 10.7. The Kier molecular flexibility index (Phi) is 6.33. The lowest BCUT2D eigenvalue weighted by atomic mass is 9.82. The lowest BCUT2D eigenvalue weighted by Gasteiger charge is -2.31. The van der Waals surface area contributed by atoms with Crippen LogP contribution in [0.3, 0.4) is 0 Å². The van der Waals surface area contributed by atoms with Crippen molar-refractivity contribution in [1.82, 2.24) is 0 Å². The van der Waals surface area contributed by atoms with E-state index >= 15 is 0 Å². The van der Waals surface area contributed by atoms with Gasteiger partial charge in [0, 0.05) is 33.3 Å². The molecule has 9 rings (SSSR count). The van der Waals surface area contributed by atoms with E-state index in [4.69, 9.17) is 4.42 Å². The van der Waals surface area contributed by atoms with E-state index in [2.05, 4.69) is 158 Å². The van der Waals surface area contributed by atoms with Crippen LogP contribution in [-0.4, -0.2) is 0 Å². The van der Waals surface area contributed by atoms with Gasteiger partial charge in [-0.15, -0.1) is 0 Å². The topological polar surface area (TPSA) is 16.4 Å². The van der Waals surface area contributed by atoms with Crippen molar-refractivity contribution < 1.29 is 4.42 Å². The molecule has 2 aliphatic carbocycles. The van der Waals surface area contributed by atoms with E-state index in [0.717, 1.165) is 34.8 Å². The summed E-state index contributed by atoms with van der Waals surface area (Å²) in [6.07, 6.45) is 6.71. The monoisotopic (exact) mass is 605 g/mol. The molecule has 0 N–H and O–H groups in total. The molecule has 226 valence electrons. The van der Waals surface area contributed by atoms with Crippen LogP contribution >= 0.6 is 0 Å². The fourth-order valence-electron chi connectivity index (χ4n) is 7.73. The Morgan fingerprint density at radius 3 is 2.11 bits per heavy atom. The summed E-state index contributed by atoms with van der Waals surface area (Å²) in [6.45, 7) is 4.69. The van der Waals surface area contributed by atoms with E-state index in [1.807, 2.05) is 12.1 Å². The third kappa shape index (κ3) is 4.55. The van der Waals surface area contributed by atoms with E-state index in [0.29, 0.717) is 0 Å². The van der Waals surface area contributed by atoms with Crippen molar-refractivity contribution in [2.45, 2.75) is 32.1 Å². The van der Waals surface area contributed by atoms with Gasteiger partial charge in [0.1, 0.15) is 11.2 Å². The van der Waals surface area contributed by atoms with Gasteiger partial charge in [-0.05, 0) is 106 Å². The molecule has 2 nitrogen and oxygen atoms in total. The quantitative estimate of drug-likeness (QED) is 0.194. The number of rotatable bonds is 5. The van der Waals surface area contributed by atoms with Crippen LogP contribution in [0.25, 0.3) is 49.8 Å². The number of nitrogens with zero attached hydrogens (tertiary/aromatic N) is 1. The molecule has 47 heavy (non-hydrogen) atoms. The number of para-hydroxylation sites is 1. The van der Waals surface area contributed by atoms with Gasteiger partial charge in [-0.25, -0.2) is 0 Å². The molecule has 0 saturated heterocycles. The first-order valence-corrected chi connectivity index (χ1v) is 16.6. The number of benzene rings is 6. The molecule has 0 atom stereocenters. The summed E-state index contributed by atoms with van der Waals surface area (Å²) in [5, 5.41) is 2.32. The normalized spacial score (nSPS) is 14.9. The van der Waals surface area contributed by atoms with Crippen LogP contribution in [-0.2, 0) is 5.41 Å². The van der Waals surface area contributed by atoms with E-state index in [9.17, 15) is 0 Å². The average molecular weight is 606 g/mol. The van der Waals surface area contributed by atoms with Crippen molar-refractivity contribution in [3.8, 4) is 22.3 Å². The molecule has 2 aliphatic rings. The SMILES string of the molecule is CC1(C)c2ccccc2-c2cc(N(C3=CC(c4ccc5oc6ccccc6c5c4)=CCC3)c3ccc(-c4ccccc4)cc3)ccc21. The zero-order chi connectivity index (χ0) is 31.5. The van der Waals surface area contributed by atoms with Gasteiger partial charge in [0.15, 0.2) is 0 Å². The molecule has 1 aromatic heterocycles. The first-order chi connectivity index (χ1) is 23.0. The van der Waals surface area contributed by atoms with Gasteiger partial charge in [0.05, 0.1) is 0 Å². The molecule has 2 heteroatoms. The zero-order valence-corrected chi connectivity index (χ0v) is 26.7. The van der Waals surface area contributed by atoms with Gasteiger partial charge >= 0.3 is 0 Å². The van der Waals surface area contributed by atoms with Crippen molar-refractivity contribution >= 4 is 38.9 Å². The van der Waals surface area contributed by atoms with Gasteiger partial charge in [-0.1, -0.05) is 117 Å². The van der Waals surface area contributed by atoms with Gasteiger partial charge in [0.2, 0.25) is 0 Å². The second-order valence-electron chi connectivity index (χ2n) is 13.3. The van der Waals surface area contributed by atoms with Crippen LogP contribution in [0.2, 0.25) is 0 Å². The Morgan fingerprint density at radius 1 is 0.553 bits per heavy atom. The minimum Gasteiger partial charge on any atom is -0.456 e. The van der Waals surface area contributed by atoms with Gasteiger partial charge in [0.25, 0.3) is 0 Å². The molecule has 1 heterocycles. The molecule has 0 radical (unpaired) electrons. The van der Waals surface area contributed by atoms with Crippen molar-refractivity contribution in [3.63, 3.8) is 0 Å². The molecular formula is C45H35NO. The lowest BCUT2D eigenvalue weighted by molar-refractivity contribution is 0.660. The summed E-state index contributed by atoms with van der Waals surface area (Å²) >= 11 is 0. The summed E-state index contributed by atoms with van der Waals surface area (Å²) < 4.78 is 6.14. The fourth-order valence-corrected chi connectivity index (χ4v) is 7.73. The average Bonchev–Trinajstić information content (AvgIpc) is 3.61. The maximum absolute atomic E-state index is 6.14. The van der Waals surface area contributed by atoms with Crippen molar-refractivity contribution in [1.29, 1.82) is 0 Å². The minimum atomic E-state index is -0.0253. The maximum Gasteiger partial charge on any atom is 0.135 e. The van der Waals surface area contributed by atoms with Crippen LogP contribution in [0.5, 0.6) is 0 Å². The summed E-state index contributed by atoms with van der Waals surface area (Å²) in [5.41, 5.74) is 15.8. The summed E-state index contributed by atoms with van der Waals surface area (Å²) in [6, 6.07) is 50.6. The molecular weight excluding hydrogens is 571 g/mol. The second-order valence-corrected chi connectivity index (χ2v) is 13.3. The number of hydrogen-bond donors (Lipinski definition) is 0. The Labute approximate surface area is 275 Å². The highest BCUT2D eigenvalue weighted by atomic mass is 16.3. The lowest BCUT2D eigenvalue weighted by Crippen LogP contribution is -2.19. The molecule has 0 aliphatic heterocycles. The highest BCUT2D eigenvalue weighted by molar-refractivity contribution is 6.06. The van der Waals surface area contributed by atoms with E-state index in [1.165, 1.54) is 61.6 Å². The number of anilines is 2. The maximum atomic E-state index is 6.14.